The Morgan fingerprint density at radius 3 is 2.79 bits per heavy atom. The standard InChI is InChI=1S/C20H25ClN6O/c1-3-18(16-5-4-15(21)14-17(16)22-2)26-9-11-27(12-10-26)19-6-7-23-20(25-19)24-8-13-28/h3-7,14,28H,2,8-13H2,1H3,(H,23,24,25)/b18-3+. The number of aromatic nitrogens is 2. The molecule has 148 valence electrons. The number of anilines is 2. The lowest BCUT2D eigenvalue weighted by Crippen LogP contribution is -2.45. The summed E-state index contributed by atoms with van der Waals surface area (Å²) in [7, 11) is 0. The second-order valence-electron chi connectivity index (χ2n) is 6.36. The van der Waals surface area contributed by atoms with Crippen LogP contribution in [0.25, 0.3) is 5.70 Å². The maximum atomic E-state index is 8.94. The van der Waals surface area contributed by atoms with Gasteiger partial charge in [0.2, 0.25) is 5.95 Å². The summed E-state index contributed by atoms with van der Waals surface area (Å²) in [5.74, 6) is 1.42. The third kappa shape index (κ3) is 4.61. The molecule has 0 unspecified atom stereocenters. The molecule has 1 aromatic heterocycles. The van der Waals surface area contributed by atoms with Crippen LogP contribution in [0.1, 0.15) is 12.5 Å². The number of rotatable bonds is 7. The van der Waals surface area contributed by atoms with Crippen LogP contribution < -0.4 is 10.2 Å². The van der Waals surface area contributed by atoms with Crippen LogP contribution in [-0.2, 0) is 0 Å². The number of piperazine rings is 1. The molecule has 0 aliphatic carbocycles. The molecule has 2 heterocycles. The van der Waals surface area contributed by atoms with Crippen molar-refractivity contribution in [3.05, 3.63) is 47.1 Å². The molecule has 0 radical (unpaired) electrons. The van der Waals surface area contributed by atoms with Crippen molar-refractivity contribution in [2.45, 2.75) is 6.92 Å². The Bertz CT molecular complexity index is 848. The molecule has 0 saturated carbocycles. The Balaban J connectivity index is 1.70. The zero-order chi connectivity index (χ0) is 19.9. The Labute approximate surface area is 170 Å². The number of hydrogen-bond acceptors (Lipinski definition) is 7. The predicted octanol–water partition coefficient (Wildman–Crippen LogP) is 3.05. The minimum absolute atomic E-state index is 0.0463. The monoisotopic (exact) mass is 400 g/mol. The number of aliphatic imine (C=N–C) groups is 1. The van der Waals surface area contributed by atoms with Gasteiger partial charge >= 0.3 is 0 Å². The number of nitrogens with zero attached hydrogens (tertiary/aromatic N) is 5. The summed E-state index contributed by atoms with van der Waals surface area (Å²) >= 11 is 6.10. The second kappa shape index (κ2) is 9.52. The van der Waals surface area contributed by atoms with E-state index in [0.29, 0.717) is 17.5 Å². The van der Waals surface area contributed by atoms with Crippen molar-refractivity contribution in [3.63, 3.8) is 0 Å². The third-order valence-corrected chi connectivity index (χ3v) is 4.89. The lowest BCUT2D eigenvalue weighted by Gasteiger charge is -2.38. The number of benzene rings is 1. The van der Waals surface area contributed by atoms with Gasteiger partial charge in [-0.15, -0.1) is 0 Å². The van der Waals surface area contributed by atoms with Crippen LogP contribution in [0.3, 0.4) is 0 Å². The van der Waals surface area contributed by atoms with Gasteiger partial charge in [-0.25, -0.2) is 4.98 Å². The summed E-state index contributed by atoms with van der Waals surface area (Å²) in [5, 5.41) is 12.6. The van der Waals surface area contributed by atoms with E-state index in [9.17, 15) is 0 Å². The summed E-state index contributed by atoms with van der Waals surface area (Å²) < 4.78 is 0. The van der Waals surface area contributed by atoms with E-state index in [1.807, 2.05) is 31.2 Å². The van der Waals surface area contributed by atoms with E-state index < -0.39 is 0 Å². The molecule has 8 heteroatoms. The van der Waals surface area contributed by atoms with Gasteiger partial charge in [0.05, 0.1) is 12.3 Å². The van der Waals surface area contributed by atoms with Crippen molar-refractivity contribution >= 4 is 41.5 Å². The fourth-order valence-corrected chi connectivity index (χ4v) is 3.48. The molecule has 0 spiro atoms. The van der Waals surface area contributed by atoms with Gasteiger partial charge < -0.3 is 20.2 Å². The zero-order valence-electron chi connectivity index (χ0n) is 16.0. The van der Waals surface area contributed by atoms with Crippen molar-refractivity contribution < 1.29 is 5.11 Å². The molecule has 2 N–H and O–H groups in total. The fraction of sp³-hybridized carbons (Fsp3) is 0.350. The van der Waals surface area contributed by atoms with Crippen molar-refractivity contribution in [2.24, 2.45) is 4.99 Å². The van der Waals surface area contributed by atoms with Gasteiger partial charge in [0, 0.05) is 55.2 Å². The Hall–Kier alpha value is -2.64. The van der Waals surface area contributed by atoms with E-state index in [1.165, 1.54) is 0 Å². The van der Waals surface area contributed by atoms with Gasteiger partial charge in [-0.3, -0.25) is 4.99 Å². The Morgan fingerprint density at radius 1 is 1.32 bits per heavy atom. The molecule has 0 amide bonds. The molecule has 28 heavy (non-hydrogen) atoms. The first-order valence-corrected chi connectivity index (χ1v) is 9.64. The predicted molar refractivity (Wildman–Crippen MR) is 116 cm³/mol. The highest BCUT2D eigenvalue weighted by molar-refractivity contribution is 6.30. The largest absolute Gasteiger partial charge is 0.395 e. The van der Waals surface area contributed by atoms with Gasteiger partial charge in [-0.2, -0.15) is 4.98 Å². The minimum Gasteiger partial charge on any atom is -0.395 e. The average Bonchev–Trinajstić information content (AvgIpc) is 2.74. The molecular formula is C20H25ClN6O. The summed E-state index contributed by atoms with van der Waals surface area (Å²) in [4.78, 5) is 17.5. The van der Waals surface area contributed by atoms with Gasteiger partial charge in [-0.05, 0) is 37.9 Å². The summed E-state index contributed by atoms with van der Waals surface area (Å²) in [6, 6.07) is 7.63. The van der Waals surface area contributed by atoms with Gasteiger partial charge in [-0.1, -0.05) is 17.7 Å². The lowest BCUT2D eigenvalue weighted by atomic mass is 10.1. The maximum absolute atomic E-state index is 8.94. The molecule has 1 saturated heterocycles. The highest BCUT2D eigenvalue weighted by atomic mass is 35.5. The third-order valence-electron chi connectivity index (χ3n) is 4.66. The normalized spacial score (nSPS) is 14.9. The fourth-order valence-electron chi connectivity index (χ4n) is 3.32. The number of allylic oxidation sites excluding steroid dienone is 1. The van der Waals surface area contributed by atoms with Crippen molar-refractivity contribution in [3.8, 4) is 0 Å². The number of aliphatic hydroxyl groups excluding tert-OH is 1. The van der Waals surface area contributed by atoms with Crippen LogP contribution in [0.15, 0.2) is 41.5 Å². The highest BCUT2D eigenvalue weighted by Crippen LogP contribution is 2.32. The molecule has 3 rings (SSSR count). The molecule has 1 aliphatic heterocycles. The SMILES string of the molecule is C=Nc1cc(Cl)ccc1/C(=C\C)N1CCN(c2ccnc(NCCO)n2)CC1. The van der Waals surface area contributed by atoms with E-state index in [-0.39, 0.29) is 6.61 Å². The van der Waals surface area contributed by atoms with Crippen LogP contribution in [0.5, 0.6) is 0 Å². The molecule has 1 fully saturated rings. The van der Waals surface area contributed by atoms with Gasteiger partial charge in [0.1, 0.15) is 5.82 Å². The van der Waals surface area contributed by atoms with Crippen LogP contribution >= 0.6 is 11.6 Å². The van der Waals surface area contributed by atoms with E-state index in [4.69, 9.17) is 16.7 Å². The van der Waals surface area contributed by atoms with Crippen LogP contribution in [0.4, 0.5) is 17.5 Å². The Morgan fingerprint density at radius 2 is 2.11 bits per heavy atom. The van der Waals surface area contributed by atoms with Gasteiger partial charge in [0.15, 0.2) is 0 Å². The smallest absolute Gasteiger partial charge is 0.224 e. The maximum Gasteiger partial charge on any atom is 0.224 e. The molecule has 1 aliphatic rings. The van der Waals surface area contributed by atoms with E-state index in [1.54, 1.807) is 6.20 Å². The molecule has 0 atom stereocenters. The summed E-state index contributed by atoms with van der Waals surface area (Å²) in [6.45, 7) is 9.61. The van der Waals surface area contributed by atoms with E-state index in [2.05, 4.69) is 42.9 Å². The van der Waals surface area contributed by atoms with Crippen molar-refractivity contribution in [1.29, 1.82) is 0 Å². The molecule has 2 aromatic rings. The van der Waals surface area contributed by atoms with E-state index in [0.717, 1.165) is 48.9 Å². The zero-order valence-corrected chi connectivity index (χ0v) is 16.7. The molecular weight excluding hydrogens is 376 g/mol. The highest BCUT2D eigenvalue weighted by Gasteiger charge is 2.22. The first-order chi connectivity index (χ1) is 13.7. The topological polar surface area (TPSA) is 76.9 Å². The van der Waals surface area contributed by atoms with Crippen LogP contribution in [0.2, 0.25) is 5.02 Å². The molecule has 0 bridgehead atoms. The quantitative estimate of drug-likeness (QED) is 0.695. The first kappa shape index (κ1) is 20.1. The first-order valence-electron chi connectivity index (χ1n) is 9.27. The number of halogens is 1. The number of aliphatic hydroxyl groups is 1. The molecule has 7 nitrogen and oxygen atoms in total. The average molecular weight is 401 g/mol. The molecule has 1 aromatic carbocycles. The van der Waals surface area contributed by atoms with Crippen molar-refractivity contribution in [2.75, 3.05) is 49.5 Å². The summed E-state index contributed by atoms with van der Waals surface area (Å²) in [6.07, 6.45) is 3.84. The minimum atomic E-state index is 0.0463. The number of hydrogen-bond donors (Lipinski definition) is 2. The van der Waals surface area contributed by atoms with Crippen LogP contribution in [-0.4, -0.2) is 66.0 Å². The van der Waals surface area contributed by atoms with E-state index >= 15 is 0 Å². The van der Waals surface area contributed by atoms with Gasteiger partial charge in [0.25, 0.3) is 0 Å². The van der Waals surface area contributed by atoms with Crippen LogP contribution in [0, 0.1) is 0 Å². The number of nitrogens with one attached hydrogen (secondary N) is 1. The Kier molecular flexibility index (Phi) is 6.84. The van der Waals surface area contributed by atoms with Crippen molar-refractivity contribution in [1.82, 2.24) is 14.9 Å². The lowest BCUT2D eigenvalue weighted by molar-refractivity contribution is 0.311. The second-order valence-corrected chi connectivity index (χ2v) is 6.79. The summed E-state index contributed by atoms with van der Waals surface area (Å²) in [5.41, 5.74) is 2.96.